The van der Waals surface area contributed by atoms with Gasteiger partial charge >= 0.3 is 0 Å². The largest absolute Gasteiger partial charge is 0.393 e. The second-order valence-electron chi connectivity index (χ2n) is 5.90. The van der Waals surface area contributed by atoms with Crippen molar-refractivity contribution in [2.75, 3.05) is 19.7 Å². The van der Waals surface area contributed by atoms with E-state index in [4.69, 9.17) is 5.11 Å². The molecule has 0 aliphatic carbocycles. The van der Waals surface area contributed by atoms with Crippen LogP contribution >= 0.6 is 0 Å². The van der Waals surface area contributed by atoms with Crippen LogP contribution in [0.3, 0.4) is 0 Å². The predicted molar refractivity (Wildman–Crippen MR) is 84.6 cm³/mol. The van der Waals surface area contributed by atoms with Crippen molar-refractivity contribution in [3.63, 3.8) is 0 Å². The maximum absolute atomic E-state index is 12.7. The number of aliphatic hydroxyl groups is 2. The molecular weight excluding hydrogens is 278 g/mol. The molecule has 1 amide bonds. The molecule has 1 fully saturated rings. The zero-order valence-electron chi connectivity index (χ0n) is 12.5. The molecule has 114 valence electrons. The van der Waals surface area contributed by atoms with Crippen molar-refractivity contribution in [3.05, 3.63) is 59.7 Å². The van der Waals surface area contributed by atoms with E-state index in [0.29, 0.717) is 5.56 Å². The summed E-state index contributed by atoms with van der Waals surface area (Å²) in [6.45, 7) is 2.04. The molecule has 0 saturated carbocycles. The summed E-state index contributed by atoms with van der Waals surface area (Å²) in [6, 6.07) is 15.4. The Hall–Kier alpha value is -2.17. The van der Waals surface area contributed by atoms with Gasteiger partial charge in [-0.2, -0.15) is 0 Å². The van der Waals surface area contributed by atoms with Gasteiger partial charge in [-0.05, 0) is 29.7 Å². The maximum Gasteiger partial charge on any atom is 0.254 e. The molecule has 22 heavy (non-hydrogen) atoms. The van der Waals surface area contributed by atoms with Crippen LogP contribution in [0.15, 0.2) is 48.5 Å². The Morgan fingerprint density at radius 1 is 1.09 bits per heavy atom. The Morgan fingerprint density at radius 2 is 1.68 bits per heavy atom. The SMILES string of the molecule is Cc1ccccc1-c1ccccc1C(=O)N1CC(O)(CO)C1. The van der Waals surface area contributed by atoms with Crippen molar-refractivity contribution in [3.8, 4) is 11.1 Å². The van der Waals surface area contributed by atoms with E-state index in [0.717, 1.165) is 16.7 Å². The van der Waals surface area contributed by atoms with Crippen LogP contribution in [0.2, 0.25) is 0 Å². The molecule has 2 aromatic carbocycles. The Kier molecular flexibility index (Phi) is 3.72. The minimum Gasteiger partial charge on any atom is -0.393 e. The highest BCUT2D eigenvalue weighted by atomic mass is 16.3. The second kappa shape index (κ2) is 5.55. The zero-order valence-corrected chi connectivity index (χ0v) is 12.5. The van der Waals surface area contributed by atoms with Gasteiger partial charge in [-0.1, -0.05) is 42.5 Å². The molecule has 0 aromatic heterocycles. The smallest absolute Gasteiger partial charge is 0.254 e. The van der Waals surface area contributed by atoms with Gasteiger partial charge in [0.2, 0.25) is 0 Å². The van der Waals surface area contributed by atoms with Gasteiger partial charge in [0.1, 0.15) is 5.60 Å². The monoisotopic (exact) mass is 297 g/mol. The molecule has 4 heteroatoms. The van der Waals surface area contributed by atoms with E-state index in [1.807, 2.05) is 49.4 Å². The molecule has 0 atom stereocenters. The lowest BCUT2D eigenvalue weighted by Crippen LogP contribution is -2.65. The van der Waals surface area contributed by atoms with E-state index in [1.54, 1.807) is 11.0 Å². The van der Waals surface area contributed by atoms with E-state index in [2.05, 4.69) is 0 Å². The fourth-order valence-corrected chi connectivity index (χ4v) is 2.86. The third-order valence-corrected chi connectivity index (χ3v) is 4.14. The number of carbonyl (C=O) groups is 1. The highest BCUT2D eigenvalue weighted by Gasteiger charge is 2.43. The molecule has 0 radical (unpaired) electrons. The first-order chi connectivity index (χ1) is 10.5. The van der Waals surface area contributed by atoms with Crippen molar-refractivity contribution in [2.45, 2.75) is 12.5 Å². The zero-order chi connectivity index (χ0) is 15.7. The molecule has 1 aliphatic rings. The van der Waals surface area contributed by atoms with Gasteiger partial charge in [-0.15, -0.1) is 0 Å². The number of carbonyl (C=O) groups excluding carboxylic acids is 1. The summed E-state index contributed by atoms with van der Waals surface area (Å²) < 4.78 is 0. The molecule has 2 aromatic rings. The molecule has 1 saturated heterocycles. The number of likely N-dealkylation sites (tertiary alicyclic amines) is 1. The lowest BCUT2D eigenvalue weighted by atomic mass is 9.91. The topological polar surface area (TPSA) is 60.8 Å². The first-order valence-electron chi connectivity index (χ1n) is 7.32. The number of nitrogens with zero attached hydrogens (tertiary/aromatic N) is 1. The average Bonchev–Trinajstić information content (AvgIpc) is 2.52. The summed E-state index contributed by atoms with van der Waals surface area (Å²) >= 11 is 0. The molecule has 3 rings (SSSR count). The summed E-state index contributed by atoms with van der Waals surface area (Å²) in [6.07, 6.45) is 0. The third kappa shape index (κ3) is 2.51. The number of benzene rings is 2. The number of hydrogen-bond acceptors (Lipinski definition) is 3. The fraction of sp³-hybridized carbons (Fsp3) is 0.278. The molecule has 2 N–H and O–H groups in total. The Labute approximate surface area is 129 Å². The first-order valence-corrected chi connectivity index (χ1v) is 7.32. The molecule has 0 spiro atoms. The van der Waals surface area contributed by atoms with Gasteiger partial charge in [0.05, 0.1) is 19.7 Å². The second-order valence-corrected chi connectivity index (χ2v) is 5.90. The van der Waals surface area contributed by atoms with E-state index >= 15 is 0 Å². The van der Waals surface area contributed by atoms with Crippen molar-refractivity contribution in [1.29, 1.82) is 0 Å². The van der Waals surface area contributed by atoms with Crippen LogP contribution < -0.4 is 0 Å². The summed E-state index contributed by atoms with van der Waals surface area (Å²) in [5, 5.41) is 19.0. The summed E-state index contributed by atoms with van der Waals surface area (Å²) in [4.78, 5) is 14.2. The number of β-amino-alcohol motifs (C(OH)–C–C–N with tert-alkyl or cyclic N) is 1. The average molecular weight is 297 g/mol. The summed E-state index contributed by atoms with van der Waals surface area (Å²) in [5.74, 6) is -0.114. The minimum absolute atomic E-state index is 0.114. The quantitative estimate of drug-likeness (QED) is 0.909. The number of rotatable bonds is 3. The van der Waals surface area contributed by atoms with Gasteiger partial charge in [0, 0.05) is 5.56 Å². The van der Waals surface area contributed by atoms with Crippen molar-refractivity contribution in [1.82, 2.24) is 4.90 Å². The van der Waals surface area contributed by atoms with Crippen LogP contribution in [0.4, 0.5) is 0 Å². The van der Waals surface area contributed by atoms with Crippen LogP contribution in [0.5, 0.6) is 0 Å². The van der Waals surface area contributed by atoms with E-state index < -0.39 is 5.60 Å². The van der Waals surface area contributed by atoms with E-state index in [9.17, 15) is 9.90 Å². The molecular formula is C18H19NO3. The van der Waals surface area contributed by atoms with Gasteiger partial charge in [0.15, 0.2) is 0 Å². The molecule has 4 nitrogen and oxygen atoms in total. The molecule has 0 bridgehead atoms. The van der Waals surface area contributed by atoms with Gasteiger partial charge in [-0.3, -0.25) is 4.79 Å². The number of aryl methyl sites for hydroxylation is 1. The third-order valence-electron chi connectivity index (χ3n) is 4.14. The van der Waals surface area contributed by atoms with Crippen LogP contribution in [0.25, 0.3) is 11.1 Å². The minimum atomic E-state index is -1.15. The standard InChI is InChI=1S/C18H19NO3/c1-13-6-2-3-7-14(13)15-8-4-5-9-16(15)17(21)19-10-18(22,11-19)12-20/h2-9,20,22H,10-12H2,1H3. The van der Waals surface area contributed by atoms with E-state index in [1.165, 1.54) is 0 Å². The molecule has 1 aliphatic heterocycles. The van der Waals surface area contributed by atoms with Gasteiger partial charge in [-0.25, -0.2) is 0 Å². The fourth-order valence-electron chi connectivity index (χ4n) is 2.86. The number of aliphatic hydroxyl groups excluding tert-OH is 1. The highest BCUT2D eigenvalue weighted by molar-refractivity contribution is 6.01. The lowest BCUT2D eigenvalue weighted by Gasteiger charge is -2.45. The Bertz CT molecular complexity index is 705. The normalized spacial score (nSPS) is 16.2. The Morgan fingerprint density at radius 3 is 2.32 bits per heavy atom. The van der Waals surface area contributed by atoms with Gasteiger partial charge in [0.25, 0.3) is 5.91 Å². The highest BCUT2D eigenvalue weighted by Crippen LogP contribution is 2.30. The van der Waals surface area contributed by atoms with Gasteiger partial charge < -0.3 is 15.1 Å². The maximum atomic E-state index is 12.7. The van der Waals surface area contributed by atoms with Crippen LogP contribution in [-0.2, 0) is 0 Å². The lowest BCUT2D eigenvalue weighted by molar-refractivity contribution is -0.109. The first kappa shape index (κ1) is 14.8. The van der Waals surface area contributed by atoms with Crippen LogP contribution in [-0.4, -0.2) is 46.3 Å². The van der Waals surface area contributed by atoms with E-state index in [-0.39, 0.29) is 25.6 Å². The van der Waals surface area contributed by atoms with Crippen molar-refractivity contribution in [2.24, 2.45) is 0 Å². The Balaban J connectivity index is 1.93. The summed E-state index contributed by atoms with van der Waals surface area (Å²) in [5.41, 5.74) is 2.51. The van der Waals surface area contributed by atoms with Crippen LogP contribution in [0.1, 0.15) is 15.9 Å². The van der Waals surface area contributed by atoms with Crippen molar-refractivity contribution >= 4 is 5.91 Å². The van der Waals surface area contributed by atoms with Crippen LogP contribution in [0, 0.1) is 6.92 Å². The predicted octanol–water partition coefficient (Wildman–Crippen LogP) is 1.84. The number of hydrogen-bond donors (Lipinski definition) is 2. The van der Waals surface area contributed by atoms with Crippen molar-refractivity contribution < 1.29 is 15.0 Å². The molecule has 1 heterocycles. The summed E-state index contributed by atoms with van der Waals surface area (Å²) in [7, 11) is 0. The number of amides is 1. The molecule has 0 unspecified atom stereocenters.